The molecular weight excluding hydrogens is 351 g/mol. The van der Waals surface area contributed by atoms with Crippen molar-refractivity contribution < 1.29 is 23.4 Å². The van der Waals surface area contributed by atoms with E-state index in [0.29, 0.717) is 28.5 Å². The van der Waals surface area contributed by atoms with Gasteiger partial charge in [0.05, 0.1) is 21.3 Å². The van der Waals surface area contributed by atoms with Gasteiger partial charge in [-0.1, -0.05) is 12.1 Å². The summed E-state index contributed by atoms with van der Waals surface area (Å²) in [6.07, 6.45) is 1.96. The van der Waals surface area contributed by atoms with E-state index in [1.165, 1.54) is 33.5 Å². The number of ether oxygens (including phenoxy) is 3. The fraction of sp³-hybridized carbons (Fsp3) is 0.350. The molecule has 2 N–H and O–H groups in total. The first-order valence-corrected chi connectivity index (χ1v) is 8.68. The van der Waals surface area contributed by atoms with Crippen LogP contribution >= 0.6 is 0 Å². The minimum atomic E-state index is -0.686. The second-order valence-electron chi connectivity index (χ2n) is 6.33. The molecule has 0 saturated heterocycles. The van der Waals surface area contributed by atoms with Gasteiger partial charge in [-0.25, -0.2) is 4.39 Å². The lowest BCUT2D eigenvalue weighted by molar-refractivity contribution is -0.122. The van der Waals surface area contributed by atoms with E-state index in [0.717, 1.165) is 12.8 Å². The molecule has 7 heteroatoms. The number of hydrogen-bond acceptors (Lipinski definition) is 5. The van der Waals surface area contributed by atoms with Crippen molar-refractivity contribution in [2.45, 2.75) is 24.9 Å². The molecule has 1 amide bonds. The number of rotatable bonds is 8. The Labute approximate surface area is 157 Å². The van der Waals surface area contributed by atoms with E-state index in [-0.39, 0.29) is 17.8 Å². The number of benzene rings is 2. The van der Waals surface area contributed by atoms with Crippen molar-refractivity contribution in [2.24, 2.45) is 0 Å². The van der Waals surface area contributed by atoms with Crippen LogP contribution in [0.1, 0.15) is 24.4 Å². The highest BCUT2D eigenvalue weighted by Gasteiger charge is 2.29. The van der Waals surface area contributed by atoms with Crippen LogP contribution in [0, 0.1) is 5.82 Å². The molecule has 27 heavy (non-hydrogen) atoms. The van der Waals surface area contributed by atoms with Crippen molar-refractivity contribution in [3.8, 4) is 17.2 Å². The van der Waals surface area contributed by atoms with Crippen LogP contribution < -0.4 is 24.8 Å². The second kappa shape index (κ2) is 8.16. The molecule has 0 spiro atoms. The van der Waals surface area contributed by atoms with Crippen LogP contribution in [-0.2, 0) is 4.79 Å². The predicted octanol–water partition coefficient (Wildman–Crippen LogP) is 3.28. The standard InChI is InChI=1S/C20H23FN2O4/c1-25-16-10-15(11-17(26-2)19(16)27-3)22-18(20(24)23-14-8-9-14)12-4-6-13(21)7-5-12/h4-7,10-11,14,18,22H,8-9H2,1-3H3,(H,23,24). The number of halogens is 1. The highest BCUT2D eigenvalue weighted by atomic mass is 19.1. The molecule has 0 radical (unpaired) electrons. The van der Waals surface area contributed by atoms with Gasteiger partial charge < -0.3 is 24.8 Å². The number of carbonyl (C=O) groups is 1. The van der Waals surface area contributed by atoms with E-state index >= 15 is 0 Å². The Balaban J connectivity index is 1.93. The van der Waals surface area contributed by atoms with Gasteiger partial charge in [0.1, 0.15) is 11.9 Å². The second-order valence-corrected chi connectivity index (χ2v) is 6.33. The molecule has 1 unspecified atom stereocenters. The largest absolute Gasteiger partial charge is 0.493 e. The smallest absolute Gasteiger partial charge is 0.247 e. The van der Waals surface area contributed by atoms with Gasteiger partial charge in [0.15, 0.2) is 11.5 Å². The van der Waals surface area contributed by atoms with Gasteiger partial charge in [-0.3, -0.25) is 4.79 Å². The van der Waals surface area contributed by atoms with E-state index < -0.39 is 6.04 Å². The summed E-state index contributed by atoms with van der Waals surface area (Å²) < 4.78 is 29.4. The molecule has 0 heterocycles. The summed E-state index contributed by atoms with van der Waals surface area (Å²) in [4.78, 5) is 12.8. The first kappa shape index (κ1) is 18.8. The van der Waals surface area contributed by atoms with Gasteiger partial charge in [0.2, 0.25) is 11.7 Å². The third-order valence-electron chi connectivity index (χ3n) is 4.36. The number of carbonyl (C=O) groups excluding carboxylic acids is 1. The Bertz CT molecular complexity index is 781. The lowest BCUT2D eigenvalue weighted by Crippen LogP contribution is -2.34. The molecule has 0 aliphatic heterocycles. The summed E-state index contributed by atoms with van der Waals surface area (Å²) in [7, 11) is 4.58. The van der Waals surface area contributed by atoms with Crippen LogP contribution in [0.5, 0.6) is 17.2 Å². The predicted molar refractivity (Wildman–Crippen MR) is 100 cm³/mol. The van der Waals surface area contributed by atoms with Crippen LogP contribution in [0.3, 0.4) is 0 Å². The van der Waals surface area contributed by atoms with Crippen LogP contribution in [0.2, 0.25) is 0 Å². The molecule has 144 valence electrons. The van der Waals surface area contributed by atoms with Gasteiger partial charge in [-0.05, 0) is 30.5 Å². The van der Waals surface area contributed by atoms with Gasteiger partial charge >= 0.3 is 0 Å². The molecule has 1 aliphatic rings. The fourth-order valence-corrected chi connectivity index (χ4v) is 2.80. The minimum Gasteiger partial charge on any atom is -0.493 e. The van der Waals surface area contributed by atoms with E-state index in [4.69, 9.17) is 14.2 Å². The van der Waals surface area contributed by atoms with E-state index in [1.807, 2.05) is 0 Å². The Morgan fingerprint density at radius 3 is 2.11 bits per heavy atom. The summed E-state index contributed by atoms with van der Waals surface area (Å²) in [5.74, 6) is 0.886. The van der Waals surface area contributed by atoms with Crippen molar-refractivity contribution in [3.63, 3.8) is 0 Å². The van der Waals surface area contributed by atoms with Gasteiger partial charge in [-0.15, -0.1) is 0 Å². The lowest BCUT2D eigenvalue weighted by atomic mass is 10.1. The zero-order valence-electron chi connectivity index (χ0n) is 15.5. The van der Waals surface area contributed by atoms with Crippen molar-refractivity contribution in [1.29, 1.82) is 0 Å². The molecule has 1 saturated carbocycles. The summed E-state index contributed by atoms with van der Waals surface area (Å²) in [6, 6.07) is 8.84. The van der Waals surface area contributed by atoms with Crippen LogP contribution in [0.4, 0.5) is 10.1 Å². The number of amides is 1. The normalized spacial score (nSPS) is 14.2. The maximum atomic E-state index is 13.3. The summed E-state index contributed by atoms with van der Waals surface area (Å²) in [6.45, 7) is 0. The van der Waals surface area contributed by atoms with Gasteiger partial charge in [0, 0.05) is 23.9 Å². The molecule has 1 atom stereocenters. The number of methoxy groups -OCH3 is 3. The molecule has 1 aliphatic carbocycles. The van der Waals surface area contributed by atoms with Crippen molar-refractivity contribution in [1.82, 2.24) is 5.32 Å². The first-order valence-electron chi connectivity index (χ1n) is 8.68. The number of hydrogen-bond donors (Lipinski definition) is 2. The molecular formula is C20H23FN2O4. The Kier molecular flexibility index (Phi) is 5.69. The average molecular weight is 374 g/mol. The quantitative estimate of drug-likeness (QED) is 0.742. The Morgan fingerprint density at radius 2 is 1.63 bits per heavy atom. The first-order chi connectivity index (χ1) is 13.0. The van der Waals surface area contributed by atoms with Crippen LogP contribution in [-0.4, -0.2) is 33.3 Å². The highest BCUT2D eigenvalue weighted by molar-refractivity contribution is 5.86. The maximum absolute atomic E-state index is 13.3. The summed E-state index contributed by atoms with van der Waals surface area (Å²) in [5.41, 5.74) is 1.27. The monoisotopic (exact) mass is 374 g/mol. The highest BCUT2D eigenvalue weighted by Crippen LogP contribution is 2.40. The van der Waals surface area contributed by atoms with Crippen molar-refractivity contribution in [2.75, 3.05) is 26.6 Å². The number of nitrogens with one attached hydrogen (secondary N) is 2. The molecule has 0 aromatic heterocycles. The molecule has 1 fully saturated rings. The fourth-order valence-electron chi connectivity index (χ4n) is 2.80. The zero-order valence-corrected chi connectivity index (χ0v) is 15.5. The third kappa shape index (κ3) is 4.42. The van der Waals surface area contributed by atoms with E-state index in [9.17, 15) is 9.18 Å². The van der Waals surface area contributed by atoms with Gasteiger partial charge in [-0.2, -0.15) is 0 Å². The molecule has 3 rings (SSSR count). The van der Waals surface area contributed by atoms with E-state index in [2.05, 4.69) is 10.6 Å². The number of anilines is 1. The topological polar surface area (TPSA) is 68.8 Å². The Morgan fingerprint density at radius 1 is 1.04 bits per heavy atom. The molecule has 0 bridgehead atoms. The summed E-state index contributed by atoms with van der Waals surface area (Å²) in [5, 5.41) is 6.18. The van der Waals surface area contributed by atoms with Gasteiger partial charge in [0.25, 0.3) is 0 Å². The van der Waals surface area contributed by atoms with E-state index in [1.54, 1.807) is 24.3 Å². The third-order valence-corrected chi connectivity index (χ3v) is 4.36. The van der Waals surface area contributed by atoms with Crippen LogP contribution in [0.15, 0.2) is 36.4 Å². The minimum absolute atomic E-state index is 0.169. The van der Waals surface area contributed by atoms with Crippen molar-refractivity contribution in [3.05, 3.63) is 47.8 Å². The average Bonchev–Trinajstić information content (AvgIpc) is 3.49. The molecule has 2 aromatic rings. The SMILES string of the molecule is COc1cc(NC(C(=O)NC2CC2)c2ccc(F)cc2)cc(OC)c1OC. The molecule has 6 nitrogen and oxygen atoms in total. The summed E-state index contributed by atoms with van der Waals surface area (Å²) >= 11 is 0. The maximum Gasteiger partial charge on any atom is 0.247 e. The van der Waals surface area contributed by atoms with Crippen molar-refractivity contribution >= 4 is 11.6 Å². The Hall–Kier alpha value is -2.96. The van der Waals surface area contributed by atoms with Crippen LogP contribution in [0.25, 0.3) is 0 Å². The molecule has 2 aromatic carbocycles. The lowest BCUT2D eigenvalue weighted by Gasteiger charge is -2.21. The zero-order chi connectivity index (χ0) is 19.4.